The molecule has 4 amide bonds. The Morgan fingerprint density at radius 2 is 2.00 bits per heavy atom. The molecule has 0 radical (unpaired) electrons. The van der Waals surface area contributed by atoms with Gasteiger partial charge in [-0.25, -0.2) is 9.48 Å². The Balaban J connectivity index is 1.40. The lowest BCUT2D eigenvalue weighted by Crippen LogP contribution is -2.46. The van der Waals surface area contributed by atoms with Crippen LogP contribution in [0.3, 0.4) is 0 Å². The molecule has 5 rings (SSSR count). The molecule has 1 fully saturated rings. The second-order valence-electron chi connectivity index (χ2n) is 8.20. The molecule has 0 saturated carbocycles. The number of hydrogen-bond donors (Lipinski definition) is 1. The maximum atomic E-state index is 13.3. The Labute approximate surface area is 183 Å². The van der Waals surface area contributed by atoms with Crippen LogP contribution in [0.25, 0.3) is 5.69 Å². The van der Waals surface area contributed by atoms with Gasteiger partial charge in [0, 0.05) is 11.7 Å². The van der Waals surface area contributed by atoms with Crippen LogP contribution < -0.4 is 10.2 Å². The van der Waals surface area contributed by atoms with E-state index in [-0.39, 0.29) is 18.5 Å². The summed E-state index contributed by atoms with van der Waals surface area (Å²) in [5, 5.41) is 13.8. The molecule has 1 aromatic heterocycles. The Bertz CT molecular complexity index is 1230. The SMILES string of the molecule is C[C@H]1Cc2ccccc2N1C(=O)CN1C(=O)N[C@@](C)(c2cccc(-n3cnnn3)c2)C1=O. The minimum absolute atomic E-state index is 0.0416. The highest BCUT2D eigenvalue weighted by atomic mass is 16.2. The van der Waals surface area contributed by atoms with E-state index in [0.29, 0.717) is 11.3 Å². The molecule has 2 aromatic carbocycles. The van der Waals surface area contributed by atoms with Gasteiger partial charge in [0.15, 0.2) is 0 Å². The van der Waals surface area contributed by atoms with E-state index < -0.39 is 17.5 Å². The number of amides is 4. The zero-order valence-electron chi connectivity index (χ0n) is 17.6. The largest absolute Gasteiger partial charge is 0.325 e. The van der Waals surface area contributed by atoms with Crippen molar-refractivity contribution in [3.05, 3.63) is 66.0 Å². The fraction of sp³-hybridized carbons (Fsp3) is 0.273. The number of rotatable bonds is 4. The van der Waals surface area contributed by atoms with Gasteiger partial charge in [-0.05, 0) is 60.0 Å². The summed E-state index contributed by atoms with van der Waals surface area (Å²) in [5.74, 6) is -0.775. The van der Waals surface area contributed by atoms with E-state index in [9.17, 15) is 14.4 Å². The summed E-state index contributed by atoms with van der Waals surface area (Å²) in [7, 11) is 0. The Kier molecular flexibility index (Phi) is 4.50. The van der Waals surface area contributed by atoms with Crippen molar-refractivity contribution in [1.29, 1.82) is 0 Å². The van der Waals surface area contributed by atoms with Gasteiger partial charge in [0.25, 0.3) is 5.91 Å². The van der Waals surface area contributed by atoms with Crippen molar-refractivity contribution in [2.45, 2.75) is 31.8 Å². The minimum atomic E-state index is -1.31. The second kappa shape index (κ2) is 7.26. The van der Waals surface area contributed by atoms with Crippen LogP contribution in [0.1, 0.15) is 25.0 Å². The molecule has 10 heteroatoms. The lowest BCUT2D eigenvalue weighted by atomic mass is 9.91. The van der Waals surface area contributed by atoms with Crippen LogP contribution in [-0.4, -0.2) is 55.5 Å². The molecular weight excluding hydrogens is 410 g/mol. The lowest BCUT2D eigenvalue weighted by molar-refractivity contribution is -0.134. The molecule has 0 spiro atoms. The first-order chi connectivity index (χ1) is 15.4. The van der Waals surface area contributed by atoms with Gasteiger partial charge in [0.2, 0.25) is 5.91 Å². The van der Waals surface area contributed by atoms with E-state index in [4.69, 9.17) is 0 Å². The summed E-state index contributed by atoms with van der Waals surface area (Å²) in [6.07, 6.45) is 2.18. The first-order valence-electron chi connectivity index (χ1n) is 10.3. The third-order valence-corrected chi connectivity index (χ3v) is 6.08. The smallest absolute Gasteiger partial charge is 0.319 e. The Morgan fingerprint density at radius 3 is 2.78 bits per heavy atom. The Morgan fingerprint density at radius 1 is 1.19 bits per heavy atom. The summed E-state index contributed by atoms with van der Waals surface area (Å²) in [4.78, 5) is 41.9. The van der Waals surface area contributed by atoms with E-state index >= 15 is 0 Å². The van der Waals surface area contributed by atoms with Crippen molar-refractivity contribution in [3.8, 4) is 5.69 Å². The first-order valence-corrected chi connectivity index (χ1v) is 10.3. The zero-order valence-corrected chi connectivity index (χ0v) is 17.6. The molecule has 162 valence electrons. The number of nitrogens with one attached hydrogen (secondary N) is 1. The summed E-state index contributed by atoms with van der Waals surface area (Å²) in [6, 6.07) is 14.1. The third-order valence-electron chi connectivity index (χ3n) is 6.08. The summed E-state index contributed by atoms with van der Waals surface area (Å²) >= 11 is 0. The fourth-order valence-electron chi connectivity index (χ4n) is 4.43. The van der Waals surface area contributed by atoms with Crippen molar-refractivity contribution in [3.63, 3.8) is 0 Å². The molecule has 32 heavy (non-hydrogen) atoms. The maximum Gasteiger partial charge on any atom is 0.325 e. The highest BCUT2D eigenvalue weighted by molar-refractivity contribution is 6.11. The highest BCUT2D eigenvalue weighted by Gasteiger charge is 2.50. The number of fused-ring (bicyclic) bond motifs is 1. The van der Waals surface area contributed by atoms with E-state index in [1.807, 2.05) is 31.2 Å². The van der Waals surface area contributed by atoms with Gasteiger partial charge in [-0.15, -0.1) is 5.10 Å². The second-order valence-corrected chi connectivity index (χ2v) is 8.20. The predicted molar refractivity (Wildman–Crippen MR) is 114 cm³/mol. The molecule has 2 aliphatic rings. The van der Waals surface area contributed by atoms with E-state index in [2.05, 4.69) is 20.8 Å². The molecule has 10 nitrogen and oxygen atoms in total. The van der Waals surface area contributed by atoms with Crippen LogP contribution in [0.2, 0.25) is 0 Å². The number of para-hydroxylation sites is 1. The van der Waals surface area contributed by atoms with Crippen LogP contribution in [0.15, 0.2) is 54.9 Å². The predicted octanol–water partition coefficient (Wildman–Crippen LogP) is 1.41. The highest BCUT2D eigenvalue weighted by Crippen LogP contribution is 2.33. The monoisotopic (exact) mass is 431 g/mol. The van der Waals surface area contributed by atoms with Crippen LogP contribution in [0.5, 0.6) is 0 Å². The maximum absolute atomic E-state index is 13.3. The number of carbonyl (C=O) groups excluding carboxylic acids is 3. The lowest BCUT2D eigenvalue weighted by Gasteiger charge is -2.26. The minimum Gasteiger partial charge on any atom is -0.319 e. The van der Waals surface area contributed by atoms with Crippen molar-refractivity contribution < 1.29 is 14.4 Å². The number of tetrazole rings is 1. The molecule has 1 N–H and O–H groups in total. The number of hydrogen-bond acceptors (Lipinski definition) is 6. The first kappa shape index (κ1) is 19.9. The van der Waals surface area contributed by atoms with Crippen molar-refractivity contribution in [2.24, 2.45) is 0 Å². The van der Waals surface area contributed by atoms with Gasteiger partial charge in [0.05, 0.1) is 5.69 Å². The number of imide groups is 1. The molecule has 3 heterocycles. The normalized spacial score (nSPS) is 22.2. The number of carbonyl (C=O) groups is 3. The number of aromatic nitrogens is 4. The van der Waals surface area contributed by atoms with Crippen LogP contribution in [0.4, 0.5) is 10.5 Å². The molecule has 0 bridgehead atoms. The van der Waals surface area contributed by atoms with Gasteiger partial charge in [-0.2, -0.15) is 0 Å². The summed E-state index contributed by atoms with van der Waals surface area (Å²) in [5.41, 5.74) is 1.81. The molecule has 1 saturated heterocycles. The quantitative estimate of drug-likeness (QED) is 0.625. The average Bonchev–Trinajstić information content (AvgIpc) is 3.48. The molecule has 0 unspecified atom stereocenters. The van der Waals surface area contributed by atoms with Crippen molar-refractivity contribution in [2.75, 3.05) is 11.4 Å². The van der Waals surface area contributed by atoms with Gasteiger partial charge in [-0.1, -0.05) is 30.3 Å². The standard InChI is InChI=1S/C22H21N7O3/c1-14-10-15-6-3-4-9-18(15)29(14)19(30)12-27-20(31)22(2,24-21(27)32)16-7-5-8-17(11-16)28-13-23-25-26-28/h3-9,11,13-14H,10,12H2,1-2H3,(H,24,32)/t14-,22-/m0/s1. The molecular formula is C22H21N7O3. The zero-order chi connectivity index (χ0) is 22.5. The fourth-order valence-corrected chi connectivity index (χ4v) is 4.43. The number of nitrogens with zero attached hydrogens (tertiary/aromatic N) is 6. The van der Waals surface area contributed by atoms with E-state index in [1.54, 1.807) is 36.1 Å². The van der Waals surface area contributed by atoms with Gasteiger partial charge >= 0.3 is 6.03 Å². The molecule has 2 atom stereocenters. The molecule has 0 aliphatic carbocycles. The van der Waals surface area contributed by atoms with Gasteiger partial charge < -0.3 is 10.2 Å². The number of urea groups is 1. The van der Waals surface area contributed by atoms with E-state index in [1.165, 1.54) is 11.0 Å². The molecule has 3 aromatic rings. The summed E-state index contributed by atoms with van der Waals surface area (Å²) < 4.78 is 1.46. The number of benzene rings is 2. The third kappa shape index (κ3) is 3.03. The van der Waals surface area contributed by atoms with Crippen LogP contribution in [0, 0.1) is 0 Å². The average molecular weight is 431 g/mol. The number of anilines is 1. The Hall–Kier alpha value is -4.08. The van der Waals surface area contributed by atoms with Crippen LogP contribution in [-0.2, 0) is 21.5 Å². The van der Waals surface area contributed by atoms with Crippen molar-refractivity contribution >= 4 is 23.5 Å². The topological polar surface area (TPSA) is 113 Å². The van der Waals surface area contributed by atoms with Crippen LogP contribution >= 0.6 is 0 Å². The molecule has 2 aliphatic heterocycles. The van der Waals surface area contributed by atoms with E-state index in [0.717, 1.165) is 22.6 Å². The van der Waals surface area contributed by atoms with Gasteiger partial charge in [0.1, 0.15) is 18.4 Å². The van der Waals surface area contributed by atoms with Crippen molar-refractivity contribution in [1.82, 2.24) is 30.4 Å². The van der Waals surface area contributed by atoms with Gasteiger partial charge in [-0.3, -0.25) is 14.5 Å². The summed E-state index contributed by atoms with van der Waals surface area (Å²) in [6.45, 7) is 3.26.